The van der Waals surface area contributed by atoms with Crippen LogP contribution in [0.4, 0.5) is 0 Å². The quantitative estimate of drug-likeness (QED) is 0.500. The van der Waals surface area contributed by atoms with Crippen LogP contribution in [0.25, 0.3) is 0 Å². The first-order valence-corrected chi connectivity index (χ1v) is 13.2. The van der Waals surface area contributed by atoms with Gasteiger partial charge in [0, 0.05) is 0 Å². The van der Waals surface area contributed by atoms with Gasteiger partial charge in [-0.05, 0) is 97.2 Å². The van der Waals surface area contributed by atoms with Crippen LogP contribution in [-0.2, 0) is 4.79 Å². The van der Waals surface area contributed by atoms with Crippen LogP contribution in [0, 0.1) is 58.2 Å². The summed E-state index contributed by atoms with van der Waals surface area (Å²) < 4.78 is 0. The number of fused-ring (bicyclic) bond motifs is 5. The average molecular weight is 451 g/mol. The Bertz CT molecular complexity index is 710. The molecule has 0 aromatic rings. The molecular weight excluding hydrogens is 404 g/mol. The van der Waals surface area contributed by atoms with Crippen molar-refractivity contribution in [3.63, 3.8) is 0 Å². The van der Waals surface area contributed by atoms with Gasteiger partial charge in [-0.15, -0.1) is 0 Å². The lowest BCUT2D eigenvalue weighted by Gasteiger charge is -2.65. The molecule has 0 bridgehead atoms. The van der Waals surface area contributed by atoms with E-state index in [2.05, 4.69) is 27.7 Å². The Morgan fingerprint density at radius 1 is 1.00 bits per heavy atom. The molecule has 0 aromatic heterocycles. The zero-order valence-electron chi connectivity index (χ0n) is 20.7. The molecule has 32 heavy (non-hydrogen) atoms. The molecular formula is C27H46O5. The van der Waals surface area contributed by atoms with Gasteiger partial charge in [-0.1, -0.05) is 41.0 Å². The highest BCUT2D eigenvalue weighted by Crippen LogP contribution is 2.69. The van der Waals surface area contributed by atoms with Crippen molar-refractivity contribution < 1.29 is 25.2 Å². The summed E-state index contributed by atoms with van der Waals surface area (Å²) in [4.78, 5) is 11.5. The highest BCUT2D eigenvalue weighted by atomic mass is 16.4. The molecule has 0 aromatic carbocycles. The molecule has 0 aliphatic heterocycles. The van der Waals surface area contributed by atoms with Gasteiger partial charge in [0.05, 0.1) is 24.2 Å². The second kappa shape index (κ2) is 8.53. The van der Waals surface area contributed by atoms with Crippen LogP contribution in [0.2, 0.25) is 0 Å². The van der Waals surface area contributed by atoms with E-state index in [-0.39, 0.29) is 64.5 Å². The summed E-state index contributed by atoms with van der Waals surface area (Å²) in [6.45, 7) is 10.8. The molecule has 0 heterocycles. The number of hydrogen-bond donors (Lipinski definition) is 4. The van der Waals surface area contributed by atoms with Crippen molar-refractivity contribution in [2.75, 3.05) is 0 Å². The van der Waals surface area contributed by atoms with Gasteiger partial charge in [0.1, 0.15) is 0 Å². The molecule has 1 unspecified atom stereocenters. The topological polar surface area (TPSA) is 98.0 Å². The number of hydrogen-bond acceptors (Lipinski definition) is 4. The minimum atomic E-state index is -0.743. The molecule has 0 saturated heterocycles. The van der Waals surface area contributed by atoms with Gasteiger partial charge >= 0.3 is 5.97 Å². The maximum atomic E-state index is 11.8. The molecule has 0 spiro atoms. The van der Waals surface area contributed by atoms with E-state index >= 15 is 0 Å². The molecule has 4 saturated carbocycles. The molecule has 4 aliphatic rings. The highest BCUT2D eigenvalue weighted by molar-refractivity contribution is 5.69. The molecule has 5 nitrogen and oxygen atoms in total. The lowest BCUT2D eigenvalue weighted by molar-refractivity contribution is -0.228. The predicted molar refractivity (Wildman–Crippen MR) is 124 cm³/mol. The third-order valence-electron chi connectivity index (χ3n) is 11.4. The normalized spacial score (nSPS) is 52.4. The molecule has 5 heteroatoms. The van der Waals surface area contributed by atoms with E-state index in [4.69, 9.17) is 0 Å². The maximum absolute atomic E-state index is 11.8. The molecule has 0 amide bonds. The van der Waals surface area contributed by atoms with Gasteiger partial charge in [-0.25, -0.2) is 0 Å². The van der Waals surface area contributed by atoms with Crippen LogP contribution in [0.15, 0.2) is 0 Å². The zero-order valence-corrected chi connectivity index (χ0v) is 20.7. The number of carbonyl (C=O) groups is 1. The van der Waals surface area contributed by atoms with Crippen molar-refractivity contribution in [3.05, 3.63) is 0 Å². The second-order valence-electron chi connectivity index (χ2n) is 12.6. The number of aliphatic carboxylic acids is 1. The van der Waals surface area contributed by atoms with Crippen LogP contribution in [0.5, 0.6) is 0 Å². The molecule has 13 atom stereocenters. The fraction of sp³-hybridized carbons (Fsp3) is 0.963. The predicted octanol–water partition coefficient (Wildman–Crippen LogP) is 4.33. The van der Waals surface area contributed by atoms with E-state index in [0.29, 0.717) is 12.3 Å². The van der Waals surface area contributed by atoms with Gasteiger partial charge in [0.15, 0.2) is 0 Å². The molecule has 4 fully saturated rings. The first-order valence-electron chi connectivity index (χ1n) is 13.2. The number of aliphatic hydroxyl groups excluding tert-OH is 3. The van der Waals surface area contributed by atoms with Gasteiger partial charge in [0.2, 0.25) is 0 Å². The van der Waals surface area contributed by atoms with Crippen molar-refractivity contribution in [1.29, 1.82) is 0 Å². The van der Waals surface area contributed by atoms with E-state index in [9.17, 15) is 25.2 Å². The summed E-state index contributed by atoms with van der Waals surface area (Å²) in [6, 6.07) is 0. The summed E-state index contributed by atoms with van der Waals surface area (Å²) in [5.74, 6) is 0.687. The van der Waals surface area contributed by atoms with Crippen molar-refractivity contribution in [2.45, 2.75) is 104 Å². The summed E-state index contributed by atoms with van der Waals surface area (Å²) in [5.41, 5.74) is -0.205. The Hall–Kier alpha value is -0.650. The maximum Gasteiger partial charge on any atom is 0.306 e. The van der Waals surface area contributed by atoms with Gasteiger partial charge in [-0.2, -0.15) is 0 Å². The number of rotatable bonds is 5. The number of carboxylic acids is 1. The van der Waals surface area contributed by atoms with E-state index in [1.165, 1.54) is 0 Å². The SMILES string of the molecule is CCC1[C@@H](O)[C@@H]2[C@H](C[C@H](O)[C@]3(C)[C@@H]([C@H](C)C[C@H](C)C(=O)O)CC[C@@H]23)[C@@]2(C)CC[C@@H](O)C[C@@H]12. The Morgan fingerprint density at radius 3 is 2.31 bits per heavy atom. The fourth-order valence-electron chi connectivity index (χ4n) is 9.71. The molecule has 4 N–H and O–H groups in total. The van der Waals surface area contributed by atoms with E-state index < -0.39 is 12.1 Å². The molecule has 0 radical (unpaired) electrons. The molecule has 4 aliphatic carbocycles. The lowest BCUT2D eigenvalue weighted by atomic mass is 9.41. The number of aliphatic hydroxyl groups is 3. The van der Waals surface area contributed by atoms with E-state index in [1.807, 2.05) is 0 Å². The first-order chi connectivity index (χ1) is 15.0. The highest BCUT2D eigenvalue weighted by Gasteiger charge is 2.67. The average Bonchev–Trinajstić information content (AvgIpc) is 3.09. The van der Waals surface area contributed by atoms with Crippen molar-refractivity contribution in [1.82, 2.24) is 0 Å². The minimum absolute atomic E-state index is 0.0631. The molecule has 184 valence electrons. The van der Waals surface area contributed by atoms with Crippen molar-refractivity contribution >= 4 is 5.97 Å². The van der Waals surface area contributed by atoms with Crippen molar-refractivity contribution in [2.24, 2.45) is 58.2 Å². The van der Waals surface area contributed by atoms with E-state index in [1.54, 1.807) is 6.92 Å². The largest absolute Gasteiger partial charge is 0.481 e. The summed E-state index contributed by atoms with van der Waals surface area (Å²) in [7, 11) is 0. The first kappa shape index (κ1) is 24.5. The standard InChI is InChI=1S/C27H46O5/c1-6-17-20-12-16(28)9-10-26(20,4)21-13-22(29)27(5)18(14(2)11-15(3)25(31)32)7-8-19(27)23(21)24(17)30/h14-24,28-30H,6-13H2,1-5H3,(H,31,32)/t14-,15+,16-,17?,18-,19+,20+,21+,22+,23+,24-,26+,27-/m1/s1. The van der Waals surface area contributed by atoms with Gasteiger partial charge in [0.25, 0.3) is 0 Å². The van der Waals surface area contributed by atoms with Gasteiger partial charge < -0.3 is 20.4 Å². The van der Waals surface area contributed by atoms with Crippen LogP contribution >= 0.6 is 0 Å². The Balaban J connectivity index is 1.66. The van der Waals surface area contributed by atoms with Crippen LogP contribution in [-0.4, -0.2) is 44.7 Å². The van der Waals surface area contributed by atoms with E-state index in [0.717, 1.165) is 44.9 Å². The fourth-order valence-corrected chi connectivity index (χ4v) is 9.71. The minimum Gasteiger partial charge on any atom is -0.481 e. The number of carboxylic acid groups (broad SMARTS) is 1. The third-order valence-corrected chi connectivity index (χ3v) is 11.4. The van der Waals surface area contributed by atoms with Crippen LogP contribution < -0.4 is 0 Å². The third kappa shape index (κ3) is 3.48. The summed E-state index contributed by atoms with van der Waals surface area (Å²) in [6.07, 6.45) is 5.85. The van der Waals surface area contributed by atoms with Crippen molar-refractivity contribution in [3.8, 4) is 0 Å². The second-order valence-corrected chi connectivity index (χ2v) is 12.6. The Kier molecular flexibility index (Phi) is 6.53. The Labute approximate surface area is 194 Å². The summed E-state index contributed by atoms with van der Waals surface area (Å²) in [5, 5.41) is 43.3. The molecule has 4 rings (SSSR count). The van der Waals surface area contributed by atoms with Crippen LogP contribution in [0.1, 0.15) is 86.0 Å². The smallest absolute Gasteiger partial charge is 0.306 e. The van der Waals surface area contributed by atoms with Gasteiger partial charge in [-0.3, -0.25) is 4.79 Å². The monoisotopic (exact) mass is 450 g/mol. The Morgan fingerprint density at radius 2 is 1.69 bits per heavy atom. The zero-order chi connectivity index (χ0) is 23.6. The van der Waals surface area contributed by atoms with Crippen LogP contribution in [0.3, 0.4) is 0 Å². The lowest BCUT2D eigenvalue weighted by Crippen LogP contribution is -2.65. The summed E-state index contributed by atoms with van der Waals surface area (Å²) >= 11 is 0.